The normalized spacial score (nSPS) is 44.3. The molecule has 3 nitrogen and oxygen atoms in total. The van der Waals surface area contributed by atoms with E-state index in [9.17, 15) is 23.1 Å². The molecule has 0 aromatic rings. The molecule has 152 valence electrons. The van der Waals surface area contributed by atoms with Gasteiger partial charge in [-0.05, 0) is 55.3 Å². The zero-order valence-electron chi connectivity index (χ0n) is 15.6. The highest BCUT2D eigenvalue weighted by Gasteiger charge is 2.65. The summed E-state index contributed by atoms with van der Waals surface area (Å²) in [6.45, 7) is 8.03. The summed E-state index contributed by atoms with van der Waals surface area (Å²) in [5, 5.41) is 10.4. The Morgan fingerprint density at radius 3 is 2.63 bits per heavy atom. The van der Waals surface area contributed by atoms with Gasteiger partial charge in [-0.3, -0.25) is 0 Å². The second-order valence-electron chi connectivity index (χ2n) is 8.53. The number of cyclic esters (lactones) is 1. The van der Waals surface area contributed by atoms with Gasteiger partial charge in [-0.2, -0.15) is 13.2 Å². The van der Waals surface area contributed by atoms with Gasteiger partial charge in [0, 0.05) is 0 Å². The summed E-state index contributed by atoms with van der Waals surface area (Å²) >= 11 is 3.42. The maximum Gasteiger partial charge on any atom is 0.417 e. The summed E-state index contributed by atoms with van der Waals surface area (Å²) < 4.78 is 45.6. The Balaban J connectivity index is 1.88. The molecule has 0 bridgehead atoms. The minimum atomic E-state index is -4.63. The average molecular weight is 451 g/mol. The highest BCUT2D eigenvalue weighted by Crippen LogP contribution is 2.62. The lowest BCUT2D eigenvalue weighted by Gasteiger charge is -2.58. The fraction of sp³-hybridized carbons (Fsp3) is 0.750. The zero-order chi connectivity index (χ0) is 20.2. The van der Waals surface area contributed by atoms with E-state index in [-0.39, 0.29) is 40.9 Å². The van der Waals surface area contributed by atoms with Crippen molar-refractivity contribution in [3.8, 4) is 0 Å². The maximum atomic E-state index is 13.5. The van der Waals surface area contributed by atoms with Gasteiger partial charge in [0.05, 0.1) is 10.4 Å². The van der Waals surface area contributed by atoms with Crippen LogP contribution >= 0.6 is 15.9 Å². The van der Waals surface area contributed by atoms with Crippen LogP contribution in [-0.2, 0) is 9.53 Å². The molecule has 3 rings (SSSR count). The van der Waals surface area contributed by atoms with Gasteiger partial charge >= 0.3 is 12.1 Å². The van der Waals surface area contributed by atoms with Gasteiger partial charge in [0.15, 0.2) is 5.60 Å². The Kier molecular flexibility index (Phi) is 5.34. The molecule has 0 amide bonds. The van der Waals surface area contributed by atoms with Crippen LogP contribution in [-0.4, -0.2) is 34.3 Å². The molecule has 3 fully saturated rings. The number of halogens is 4. The van der Waals surface area contributed by atoms with Crippen LogP contribution in [0.25, 0.3) is 0 Å². The molecule has 0 aromatic carbocycles. The van der Waals surface area contributed by atoms with E-state index in [2.05, 4.69) is 22.5 Å². The number of carbonyl (C=O) groups excluding carboxylic acids is 1. The highest BCUT2D eigenvalue weighted by molar-refractivity contribution is 9.09. The summed E-state index contributed by atoms with van der Waals surface area (Å²) in [6.07, 6.45) is -0.986. The summed E-state index contributed by atoms with van der Waals surface area (Å²) in [5.41, 5.74) is -1.42. The number of ether oxygens (including phenoxy) is 1. The van der Waals surface area contributed by atoms with Crippen LogP contribution in [0.15, 0.2) is 23.8 Å². The number of hydrogen-bond donors (Lipinski definition) is 1. The minimum absolute atomic E-state index is 0.0166. The van der Waals surface area contributed by atoms with Crippen molar-refractivity contribution in [3.05, 3.63) is 23.8 Å². The number of hydrogen-bond acceptors (Lipinski definition) is 3. The topological polar surface area (TPSA) is 46.5 Å². The second-order valence-corrected chi connectivity index (χ2v) is 9.64. The lowest BCUT2D eigenvalue weighted by molar-refractivity contribution is -0.306. The molecule has 3 aliphatic rings. The standard InChI is InChI=1S/C20H26BrF3O3/c1-11-4-6-15-12(2)19(26,20(22,23)24)9-8-18(15,3)14(11)7-5-13-16(21)10-27-17(13)25/h5,12,14-16,26H,1,4,6-10H2,2-3H3/b13-5+/t12-,14-,15-,16?,18+,19-/m1/s1. The Morgan fingerprint density at radius 1 is 1.41 bits per heavy atom. The van der Waals surface area contributed by atoms with Gasteiger partial charge in [-0.15, -0.1) is 0 Å². The molecule has 1 saturated heterocycles. The van der Waals surface area contributed by atoms with Crippen LogP contribution in [0.3, 0.4) is 0 Å². The first kappa shape index (κ1) is 20.9. The minimum Gasteiger partial charge on any atom is -0.461 e. The smallest absolute Gasteiger partial charge is 0.417 e. The SMILES string of the molecule is C=C1CC[C@@H]2[C@@H](C)[C@@](O)(C(F)(F)F)CC[C@@]2(C)[C@@H]1C/C=C1/C(=O)OCC1Br. The maximum absolute atomic E-state index is 13.5. The largest absolute Gasteiger partial charge is 0.461 e. The van der Waals surface area contributed by atoms with Gasteiger partial charge in [0.25, 0.3) is 0 Å². The number of alkyl halides is 4. The molecule has 1 heterocycles. The molecular formula is C20H26BrF3O3. The monoisotopic (exact) mass is 450 g/mol. The summed E-state index contributed by atoms with van der Waals surface area (Å²) in [5.74, 6) is -1.48. The predicted molar refractivity (Wildman–Crippen MR) is 99.2 cm³/mol. The lowest BCUT2D eigenvalue weighted by Crippen LogP contribution is -2.61. The van der Waals surface area contributed by atoms with Crippen molar-refractivity contribution in [1.82, 2.24) is 0 Å². The van der Waals surface area contributed by atoms with E-state index in [0.29, 0.717) is 31.4 Å². The second kappa shape index (κ2) is 6.90. The Morgan fingerprint density at radius 2 is 2.07 bits per heavy atom. The van der Waals surface area contributed by atoms with Crippen molar-refractivity contribution >= 4 is 21.9 Å². The van der Waals surface area contributed by atoms with Gasteiger partial charge in [-0.25, -0.2) is 4.79 Å². The first-order chi connectivity index (χ1) is 12.4. The van der Waals surface area contributed by atoms with E-state index >= 15 is 0 Å². The zero-order valence-corrected chi connectivity index (χ0v) is 17.2. The molecule has 1 unspecified atom stereocenters. The predicted octanol–water partition coefficient (Wildman–Crippen LogP) is 4.94. The van der Waals surface area contributed by atoms with Crippen molar-refractivity contribution in [3.63, 3.8) is 0 Å². The van der Waals surface area contributed by atoms with E-state index in [4.69, 9.17) is 4.74 Å². The van der Waals surface area contributed by atoms with Crippen molar-refractivity contribution in [2.75, 3.05) is 6.61 Å². The summed E-state index contributed by atoms with van der Waals surface area (Å²) in [7, 11) is 0. The molecule has 0 radical (unpaired) electrons. The molecule has 1 N–H and O–H groups in total. The number of carbonyl (C=O) groups is 1. The van der Waals surface area contributed by atoms with Crippen LogP contribution in [0.5, 0.6) is 0 Å². The molecule has 7 heteroatoms. The van der Waals surface area contributed by atoms with E-state index in [1.54, 1.807) is 0 Å². The third-order valence-corrected chi connectivity index (χ3v) is 8.07. The van der Waals surface area contributed by atoms with Crippen LogP contribution in [0.1, 0.15) is 46.0 Å². The third-order valence-electron chi connectivity index (χ3n) is 7.31. The van der Waals surface area contributed by atoms with Crippen LogP contribution in [0.4, 0.5) is 13.2 Å². The van der Waals surface area contributed by atoms with Crippen LogP contribution < -0.4 is 0 Å². The number of aliphatic hydroxyl groups is 1. The van der Waals surface area contributed by atoms with E-state index in [0.717, 1.165) is 5.57 Å². The van der Waals surface area contributed by atoms with Crippen molar-refractivity contribution in [2.45, 2.75) is 62.6 Å². The summed E-state index contributed by atoms with van der Waals surface area (Å²) in [4.78, 5) is 11.7. The Bertz CT molecular complexity index is 674. The molecule has 2 aliphatic carbocycles. The van der Waals surface area contributed by atoms with E-state index in [1.165, 1.54) is 6.92 Å². The molecule has 0 spiro atoms. The van der Waals surface area contributed by atoms with Crippen molar-refractivity contribution in [1.29, 1.82) is 0 Å². The number of allylic oxidation sites excluding steroid dienone is 2. The van der Waals surface area contributed by atoms with Crippen molar-refractivity contribution < 1.29 is 27.8 Å². The van der Waals surface area contributed by atoms with Crippen LogP contribution in [0.2, 0.25) is 0 Å². The van der Waals surface area contributed by atoms with Crippen LogP contribution in [0, 0.1) is 23.2 Å². The number of fused-ring (bicyclic) bond motifs is 1. The lowest BCUT2D eigenvalue weighted by atomic mass is 9.48. The molecular weight excluding hydrogens is 425 g/mol. The molecule has 6 atom stereocenters. The number of rotatable bonds is 2. The Labute approximate surface area is 166 Å². The molecule has 1 aliphatic heterocycles. The summed E-state index contributed by atoms with van der Waals surface area (Å²) in [6, 6.07) is 0. The quantitative estimate of drug-likeness (QED) is 0.280. The molecule has 27 heavy (non-hydrogen) atoms. The van der Waals surface area contributed by atoms with Gasteiger partial charge in [0.2, 0.25) is 0 Å². The van der Waals surface area contributed by atoms with Gasteiger partial charge in [0.1, 0.15) is 6.61 Å². The van der Waals surface area contributed by atoms with Gasteiger partial charge < -0.3 is 9.84 Å². The molecule has 0 aromatic heterocycles. The first-order valence-electron chi connectivity index (χ1n) is 9.40. The third kappa shape index (κ3) is 3.28. The van der Waals surface area contributed by atoms with E-state index in [1.807, 2.05) is 13.0 Å². The fourth-order valence-corrected chi connectivity index (χ4v) is 6.02. The Hall–Kier alpha value is -0.820. The highest BCUT2D eigenvalue weighted by atomic mass is 79.9. The fourth-order valence-electron chi connectivity index (χ4n) is 5.51. The van der Waals surface area contributed by atoms with Crippen molar-refractivity contribution in [2.24, 2.45) is 23.2 Å². The van der Waals surface area contributed by atoms with E-state index < -0.39 is 17.7 Å². The first-order valence-corrected chi connectivity index (χ1v) is 10.3. The van der Waals surface area contributed by atoms with Gasteiger partial charge in [-0.1, -0.05) is 48.0 Å². The number of esters is 1. The average Bonchev–Trinajstić information content (AvgIpc) is 2.89. The molecule has 2 saturated carbocycles.